The van der Waals surface area contributed by atoms with Gasteiger partial charge in [0.2, 0.25) is 4.77 Å². The molecule has 0 radical (unpaired) electrons. The van der Waals surface area contributed by atoms with E-state index in [-0.39, 0.29) is 5.56 Å². The molecule has 20 heavy (non-hydrogen) atoms. The number of aromatic amines is 2. The Bertz CT molecular complexity index is 842. The Balaban J connectivity index is 2.22. The standard InChI is InChI=1S/C13H12N4OS2/c1-2-17-9(10-4-3-7-20-10)6-5-8(12(17)18)11-14-13(19)16-15-11/h3-7H,2H2,1H3,(H2,14,15,16,19). The highest BCUT2D eigenvalue weighted by molar-refractivity contribution is 7.71. The molecule has 0 aliphatic heterocycles. The van der Waals surface area contributed by atoms with E-state index in [4.69, 9.17) is 12.2 Å². The first-order chi connectivity index (χ1) is 9.70. The quantitative estimate of drug-likeness (QED) is 0.731. The Morgan fingerprint density at radius 3 is 2.80 bits per heavy atom. The first-order valence-electron chi connectivity index (χ1n) is 6.13. The molecular weight excluding hydrogens is 292 g/mol. The minimum absolute atomic E-state index is 0.0730. The van der Waals surface area contributed by atoms with E-state index in [9.17, 15) is 4.79 Å². The molecule has 0 spiro atoms. The molecule has 3 aromatic rings. The summed E-state index contributed by atoms with van der Waals surface area (Å²) in [7, 11) is 0. The maximum atomic E-state index is 12.6. The van der Waals surface area contributed by atoms with Crippen molar-refractivity contribution in [1.82, 2.24) is 19.7 Å². The second kappa shape index (κ2) is 5.18. The van der Waals surface area contributed by atoms with Crippen LogP contribution in [0.2, 0.25) is 0 Å². The molecule has 0 saturated heterocycles. The summed E-state index contributed by atoms with van der Waals surface area (Å²) in [6.45, 7) is 2.56. The predicted octanol–water partition coefficient (Wildman–Crippen LogP) is 3.04. The molecule has 0 fully saturated rings. The minimum Gasteiger partial charge on any atom is -0.307 e. The van der Waals surface area contributed by atoms with Crippen molar-refractivity contribution >= 4 is 23.6 Å². The number of rotatable bonds is 3. The first-order valence-corrected chi connectivity index (χ1v) is 7.42. The Hall–Kier alpha value is -1.99. The van der Waals surface area contributed by atoms with E-state index in [1.54, 1.807) is 22.0 Å². The van der Waals surface area contributed by atoms with E-state index < -0.39 is 0 Å². The Morgan fingerprint density at radius 2 is 2.20 bits per heavy atom. The molecule has 0 aliphatic carbocycles. The van der Waals surface area contributed by atoms with Gasteiger partial charge in [0.05, 0.1) is 16.1 Å². The summed E-state index contributed by atoms with van der Waals surface area (Å²) in [4.78, 5) is 17.8. The molecule has 0 bridgehead atoms. The smallest absolute Gasteiger partial charge is 0.262 e. The topological polar surface area (TPSA) is 66.5 Å². The van der Waals surface area contributed by atoms with E-state index in [0.29, 0.717) is 22.7 Å². The summed E-state index contributed by atoms with van der Waals surface area (Å²) in [6, 6.07) is 7.71. The maximum absolute atomic E-state index is 12.6. The van der Waals surface area contributed by atoms with Gasteiger partial charge in [-0.15, -0.1) is 11.3 Å². The molecule has 3 heterocycles. The molecule has 0 saturated carbocycles. The van der Waals surface area contributed by atoms with Gasteiger partial charge in [0.15, 0.2) is 5.82 Å². The lowest BCUT2D eigenvalue weighted by Gasteiger charge is -2.10. The zero-order valence-corrected chi connectivity index (χ0v) is 12.3. The third kappa shape index (κ3) is 2.14. The van der Waals surface area contributed by atoms with Gasteiger partial charge in [-0.2, -0.15) is 4.98 Å². The average Bonchev–Trinajstić information content (AvgIpc) is 3.09. The van der Waals surface area contributed by atoms with E-state index >= 15 is 0 Å². The third-order valence-corrected chi connectivity index (χ3v) is 4.11. The van der Waals surface area contributed by atoms with Crippen molar-refractivity contribution in [2.75, 3.05) is 0 Å². The number of H-pyrrole nitrogens is 2. The van der Waals surface area contributed by atoms with Crippen LogP contribution in [0.15, 0.2) is 34.4 Å². The van der Waals surface area contributed by atoms with Crippen LogP contribution < -0.4 is 5.56 Å². The fourth-order valence-electron chi connectivity index (χ4n) is 2.11. The number of aromatic nitrogens is 4. The SMILES string of the molecule is CCn1c(-c2cccs2)ccc(-c2nc(=S)[nH][nH]2)c1=O. The van der Waals surface area contributed by atoms with Gasteiger partial charge in [0.25, 0.3) is 5.56 Å². The summed E-state index contributed by atoms with van der Waals surface area (Å²) < 4.78 is 2.08. The lowest BCUT2D eigenvalue weighted by Crippen LogP contribution is -2.22. The van der Waals surface area contributed by atoms with E-state index in [0.717, 1.165) is 10.6 Å². The van der Waals surface area contributed by atoms with E-state index in [1.807, 2.05) is 30.5 Å². The van der Waals surface area contributed by atoms with Crippen LogP contribution in [-0.2, 0) is 6.54 Å². The molecule has 0 aromatic carbocycles. The number of thiophene rings is 1. The molecule has 3 aromatic heterocycles. The Morgan fingerprint density at radius 1 is 1.35 bits per heavy atom. The van der Waals surface area contributed by atoms with Crippen LogP contribution in [0, 0.1) is 4.77 Å². The van der Waals surface area contributed by atoms with Crippen LogP contribution >= 0.6 is 23.6 Å². The molecule has 0 aliphatic rings. The van der Waals surface area contributed by atoms with Gasteiger partial charge in [0.1, 0.15) is 0 Å². The number of hydrogen-bond acceptors (Lipinski definition) is 4. The lowest BCUT2D eigenvalue weighted by atomic mass is 10.2. The fourth-order valence-corrected chi connectivity index (χ4v) is 3.01. The lowest BCUT2D eigenvalue weighted by molar-refractivity contribution is 0.738. The predicted molar refractivity (Wildman–Crippen MR) is 82.5 cm³/mol. The molecule has 5 nitrogen and oxygen atoms in total. The summed E-state index contributed by atoms with van der Waals surface area (Å²) in [5.41, 5.74) is 1.36. The van der Waals surface area contributed by atoms with Gasteiger partial charge in [-0.25, -0.2) is 0 Å². The molecule has 3 rings (SSSR count). The Kier molecular flexibility index (Phi) is 3.37. The van der Waals surface area contributed by atoms with Crippen LogP contribution in [-0.4, -0.2) is 19.7 Å². The largest absolute Gasteiger partial charge is 0.307 e. The van der Waals surface area contributed by atoms with Crippen molar-refractivity contribution in [3.05, 3.63) is 44.8 Å². The molecule has 0 unspecified atom stereocenters. The van der Waals surface area contributed by atoms with Gasteiger partial charge < -0.3 is 4.57 Å². The second-order valence-corrected chi connectivity index (χ2v) is 5.51. The van der Waals surface area contributed by atoms with Crippen LogP contribution in [0.1, 0.15) is 6.92 Å². The highest BCUT2D eigenvalue weighted by Gasteiger charge is 2.13. The Labute approximate surface area is 123 Å². The summed E-state index contributed by atoms with van der Waals surface area (Å²) in [6.07, 6.45) is 0. The zero-order valence-electron chi connectivity index (χ0n) is 10.7. The molecule has 102 valence electrons. The number of pyridine rings is 1. The highest BCUT2D eigenvalue weighted by atomic mass is 32.1. The molecule has 7 heteroatoms. The normalized spacial score (nSPS) is 10.8. The van der Waals surface area contributed by atoms with Crippen LogP contribution in [0.3, 0.4) is 0 Å². The van der Waals surface area contributed by atoms with Gasteiger partial charge >= 0.3 is 0 Å². The molecular formula is C13H12N4OS2. The van der Waals surface area contributed by atoms with Crippen LogP contribution in [0.25, 0.3) is 22.0 Å². The van der Waals surface area contributed by atoms with Crippen molar-refractivity contribution in [3.63, 3.8) is 0 Å². The fraction of sp³-hybridized carbons (Fsp3) is 0.154. The molecule has 0 atom stereocenters. The van der Waals surface area contributed by atoms with Gasteiger partial charge in [0, 0.05) is 6.54 Å². The first kappa shape index (κ1) is 13.0. The van der Waals surface area contributed by atoms with Crippen molar-refractivity contribution in [2.45, 2.75) is 13.5 Å². The second-order valence-electron chi connectivity index (χ2n) is 4.17. The number of nitrogens with one attached hydrogen (secondary N) is 2. The van der Waals surface area contributed by atoms with Gasteiger partial charge in [-0.3, -0.25) is 15.0 Å². The third-order valence-electron chi connectivity index (χ3n) is 3.02. The monoisotopic (exact) mass is 304 g/mol. The zero-order chi connectivity index (χ0) is 14.1. The van der Waals surface area contributed by atoms with Gasteiger partial charge in [-0.05, 0) is 42.7 Å². The van der Waals surface area contributed by atoms with Crippen molar-refractivity contribution in [1.29, 1.82) is 0 Å². The van der Waals surface area contributed by atoms with E-state index in [1.165, 1.54) is 0 Å². The summed E-state index contributed by atoms with van der Waals surface area (Å²) >= 11 is 6.54. The minimum atomic E-state index is -0.0730. The molecule has 0 amide bonds. The van der Waals surface area contributed by atoms with Crippen molar-refractivity contribution in [3.8, 4) is 22.0 Å². The van der Waals surface area contributed by atoms with Gasteiger partial charge in [-0.1, -0.05) is 6.07 Å². The summed E-state index contributed by atoms with van der Waals surface area (Å²) in [5, 5.41) is 7.52. The summed E-state index contributed by atoms with van der Waals surface area (Å²) in [5.74, 6) is 0.472. The number of nitrogens with zero attached hydrogens (tertiary/aromatic N) is 2. The maximum Gasteiger partial charge on any atom is 0.262 e. The molecule has 2 N–H and O–H groups in total. The highest BCUT2D eigenvalue weighted by Crippen LogP contribution is 2.24. The number of hydrogen-bond donors (Lipinski definition) is 2. The van der Waals surface area contributed by atoms with E-state index in [2.05, 4.69) is 15.2 Å². The van der Waals surface area contributed by atoms with Crippen LogP contribution in [0.5, 0.6) is 0 Å². The average molecular weight is 304 g/mol. The van der Waals surface area contributed by atoms with Crippen molar-refractivity contribution < 1.29 is 0 Å². The van der Waals surface area contributed by atoms with Crippen LogP contribution in [0.4, 0.5) is 0 Å². The van der Waals surface area contributed by atoms with Crippen molar-refractivity contribution in [2.24, 2.45) is 0 Å².